The lowest BCUT2D eigenvalue weighted by Crippen LogP contribution is -2.36. The summed E-state index contributed by atoms with van der Waals surface area (Å²) in [5, 5.41) is 0. The molecule has 2 rings (SSSR count). The number of nitrogen functional groups attached to an aromatic ring is 1. The van der Waals surface area contributed by atoms with Gasteiger partial charge in [-0.3, -0.25) is 9.69 Å². The van der Waals surface area contributed by atoms with E-state index in [4.69, 9.17) is 10.5 Å². The zero-order valence-corrected chi connectivity index (χ0v) is 13.1. The monoisotopic (exact) mass is 291 g/mol. The van der Waals surface area contributed by atoms with Crippen molar-refractivity contribution in [3.63, 3.8) is 0 Å². The molecule has 1 aliphatic heterocycles. The molecule has 0 aliphatic carbocycles. The molecule has 0 bridgehead atoms. The SMILES string of the molecule is CC(C)N(C)Cc1cc(N)c(N2CCOCC2)cc1C=O. The number of hydrogen-bond acceptors (Lipinski definition) is 5. The summed E-state index contributed by atoms with van der Waals surface area (Å²) in [5.41, 5.74) is 9.59. The molecule has 5 heteroatoms. The summed E-state index contributed by atoms with van der Waals surface area (Å²) in [4.78, 5) is 15.8. The molecular weight excluding hydrogens is 266 g/mol. The van der Waals surface area contributed by atoms with Gasteiger partial charge in [0.25, 0.3) is 0 Å². The van der Waals surface area contributed by atoms with Gasteiger partial charge in [0.1, 0.15) is 6.29 Å². The van der Waals surface area contributed by atoms with Gasteiger partial charge < -0.3 is 15.4 Å². The van der Waals surface area contributed by atoms with E-state index in [0.717, 1.165) is 48.4 Å². The summed E-state index contributed by atoms with van der Waals surface area (Å²) in [7, 11) is 2.05. The quantitative estimate of drug-likeness (QED) is 0.661. The Bertz CT molecular complexity index is 497. The Kier molecular flexibility index (Phi) is 5.20. The van der Waals surface area contributed by atoms with Crippen LogP contribution in [0, 0.1) is 0 Å². The minimum absolute atomic E-state index is 0.421. The molecule has 1 heterocycles. The molecule has 1 aromatic rings. The zero-order chi connectivity index (χ0) is 15.4. The molecule has 21 heavy (non-hydrogen) atoms. The third kappa shape index (κ3) is 3.74. The standard InChI is InChI=1S/C16H25N3O2/c1-12(2)18(3)10-13-8-15(17)16(9-14(13)11-20)19-4-6-21-7-5-19/h8-9,11-12H,4-7,10,17H2,1-3H3. The first kappa shape index (κ1) is 15.8. The number of nitrogens with zero attached hydrogens (tertiary/aromatic N) is 2. The lowest BCUT2D eigenvalue weighted by molar-refractivity contribution is 0.112. The fourth-order valence-electron chi connectivity index (χ4n) is 2.44. The lowest BCUT2D eigenvalue weighted by Gasteiger charge is -2.31. The second-order valence-electron chi connectivity index (χ2n) is 5.84. The van der Waals surface area contributed by atoms with Gasteiger partial charge in [0.2, 0.25) is 0 Å². The average molecular weight is 291 g/mol. The van der Waals surface area contributed by atoms with Gasteiger partial charge in [-0.25, -0.2) is 0 Å². The summed E-state index contributed by atoms with van der Waals surface area (Å²) >= 11 is 0. The Balaban J connectivity index is 2.28. The molecular formula is C16H25N3O2. The molecule has 0 atom stereocenters. The highest BCUT2D eigenvalue weighted by Gasteiger charge is 2.17. The van der Waals surface area contributed by atoms with E-state index in [9.17, 15) is 4.79 Å². The molecule has 1 fully saturated rings. The largest absolute Gasteiger partial charge is 0.397 e. The Hall–Kier alpha value is -1.59. The number of nitrogens with two attached hydrogens (primary N) is 1. The molecule has 0 amide bonds. The highest BCUT2D eigenvalue weighted by molar-refractivity contribution is 5.84. The predicted molar refractivity (Wildman–Crippen MR) is 85.9 cm³/mol. The smallest absolute Gasteiger partial charge is 0.150 e. The van der Waals surface area contributed by atoms with Crippen LogP contribution >= 0.6 is 0 Å². The maximum Gasteiger partial charge on any atom is 0.150 e. The van der Waals surface area contributed by atoms with Crippen molar-refractivity contribution in [2.75, 3.05) is 44.0 Å². The molecule has 0 aromatic heterocycles. The van der Waals surface area contributed by atoms with Gasteiger partial charge in [-0.15, -0.1) is 0 Å². The van der Waals surface area contributed by atoms with Crippen LogP contribution in [0.15, 0.2) is 12.1 Å². The van der Waals surface area contributed by atoms with Crippen molar-refractivity contribution in [2.45, 2.75) is 26.4 Å². The molecule has 1 aliphatic rings. The Morgan fingerprint density at radius 1 is 1.38 bits per heavy atom. The van der Waals surface area contributed by atoms with Gasteiger partial charge in [-0.05, 0) is 38.6 Å². The number of morpholine rings is 1. The summed E-state index contributed by atoms with van der Waals surface area (Å²) in [6.45, 7) is 8.01. The van der Waals surface area contributed by atoms with Crippen molar-refractivity contribution in [3.8, 4) is 0 Å². The summed E-state index contributed by atoms with van der Waals surface area (Å²) in [6.07, 6.45) is 0.923. The molecule has 2 N–H and O–H groups in total. The minimum atomic E-state index is 0.421. The van der Waals surface area contributed by atoms with Crippen molar-refractivity contribution >= 4 is 17.7 Å². The number of ether oxygens (including phenoxy) is 1. The van der Waals surface area contributed by atoms with Crippen LogP contribution in [0.5, 0.6) is 0 Å². The van der Waals surface area contributed by atoms with E-state index < -0.39 is 0 Å². The van der Waals surface area contributed by atoms with Crippen LogP contribution in [0.1, 0.15) is 29.8 Å². The van der Waals surface area contributed by atoms with Crippen LogP contribution in [-0.2, 0) is 11.3 Å². The zero-order valence-electron chi connectivity index (χ0n) is 13.1. The third-order valence-electron chi connectivity index (χ3n) is 4.07. The molecule has 0 unspecified atom stereocenters. The first-order valence-electron chi connectivity index (χ1n) is 7.43. The lowest BCUT2D eigenvalue weighted by atomic mass is 10.0. The normalized spacial score (nSPS) is 15.8. The maximum atomic E-state index is 11.4. The van der Waals surface area contributed by atoms with Crippen molar-refractivity contribution in [1.29, 1.82) is 0 Å². The van der Waals surface area contributed by atoms with Gasteiger partial charge in [0.15, 0.2) is 0 Å². The summed E-state index contributed by atoms with van der Waals surface area (Å²) < 4.78 is 5.36. The number of rotatable bonds is 5. The Morgan fingerprint density at radius 2 is 2.05 bits per heavy atom. The van der Waals surface area contributed by atoms with Crippen LogP contribution in [-0.4, -0.2) is 50.6 Å². The van der Waals surface area contributed by atoms with Crippen molar-refractivity contribution in [1.82, 2.24) is 4.90 Å². The van der Waals surface area contributed by atoms with Crippen molar-refractivity contribution < 1.29 is 9.53 Å². The van der Waals surface area contributed by atoms with E-state index in [-0.39, 0.29) is 0 Å². The molecule has 1 saturated heterocycles. The van der Waals surface area contributed by atoms with Gasteiger partial charge in [-0.1, -0.05) is 0 Å². The molecule has 0 radical (unpaired) electrons. The number of aldehydes is 1. The highest BCUT2D eigenvalue weighted by atomic mass is 16.5. The molecule has 116 valence electrons. The molecule has 0 spiro atoms. The minimum Gasteiger partial charge on any atom is -0.397 e. The van der Waals surface area contributed by atoms with Gasteiger partial charge in [0.05, 0.1) is 24.6 Å². The van der Waals surface area contributed by atoms with Crippen molar-refractivity contribution in [3.05, 3.63) is 23.3 Å². The Morgan fingerprint density at radius 3 is 2.62 bits per heavy atom. The van der Waals surface area contributed by atoms with Gasteiger partial charge in [0, 0.05) is 31.2 Å². The predicted octanol–water partition coefficient (Wildman–Crippen LogP) is 1.76. The average Bonchev–Trinajstić information content (AvgIpc) is 2.48. The van der Waals surface area contributed by atoms with Gasteiger partial charge >= 0.3 is 0 Å². The molecule has 0 saturated carbocycles. The van der Waals surface area contributed by atoms with E-state index in [2.05, 4.69) is 23.6 Å². The summed E-state index contributed by atoms with van der Waals surface area (Å²) in [5.74, 6) is 0. The fourth-order valence-corrected chi connectivity index (χ4v) is 2.44. The van der Waals surface area contributed by atoms with Gasteiger partial charge in [-0.2, -0.15) is 0 Å². The number of carbonyl (C=O) groups is 1. The van der Waals surface area contributed by atoms with Crippen molar-refractivity contribution in [2.24, 2.45) is 0 Å². The topological polar surface area (TPSA) is 58.8 Å². The van der Waals surface area contributed by atoms with E-state index in [1.54, 1.807) is 0 Å². The third-order valence-corrected chi connectivity index (χ3v) is 4.07. The summed E-state index contributed by atoms with van der Waals surface area (Å²) in [6, 6.07) is 4.27. The van der Waals surface area contributed by atoms with Crippen LogP contribution in [0.3, 0.4) is 0 Å². The molecule has 1 aromatic carbocycles. The number of benzene rings is 1. The number of anilines is 2. The second-order valence-corrected chi connectivity index (χ2v) is 5.84. The first-order valence-corrected chi connectivity index (χ1v) is 7.43. The van der Waals surface area contributed by atoms with Crippen LogP contribution in [0.25, 0.3) is 0 Å². The maximum absolute atomic E-state index is 11.4. The fraction of sp³-hybridized carbons (Fsp3) is 0.562. The van der Waals surface area contributed by atoms with Crippen LogP contribution in [0.4, 0.5) is 11.4 Å². The number of carbonyl (C=O) groups excluding carboxylic acids is 1. The number of hydrogen-bond donors (Lipinski definition) is 1. The highest BCUT2D eigenvalue weighted by Crippen LogP contribution is 2.28. The van der Waals surface area contributed by atoms with Crippen LogP contribution < -0.4 is 10.6 Å². The first-order chi connectivity index (χ1) is 10.0. The Labute approximate surface area is 126 Å². The second kappa shape index (κ2) is 6.91. The van der Waals surface area contributed by atoms with E-state index >= 15 is 0 Å². The van der Waals surface area contributed by atoms with E-state index in [0.29, 0.717) is 19.3 Å². The van der Waals surface area contributed by atoms with E-state index in [1.807, 2.05) is 19.2 Å². The van der Waals surface area contributed by atoms with E-state index in [1.165, 1.54) is 0 Å². The molecule has 5 nitrogen and oxygen atoms in total. The van der Waals surface area contributed by atoms with Crippen LogP contribution in [0.2, 0.25) is 0 Å².